The van der Waals surface area contributed by atoms with E-state index in [1.165, 1.54) is 5.56 Å². The minimum atomic E-state index is 0.0404. The van der Waals surface area contributed by atoms with Gasteiger partial charge in [0.05, 0.1) is 0 Å². The fraction of sp³-hybridized carbons (Fsp3) is 0.174. The lowest BCUT2D eigenvalue weighted by atomic mass is 10.1. The molecular formula is C23H22ClNO. The van der Waals surface area contributed by atoms with E-state index in [2.05, 4.69) is 36.4 Å². The Bertz CT molecular complexity index is 816. The molecule has 0 bridgehead atoms. The van der Waals surface area contributed by atoms with E-state index in [0.29, 0.717) is 23.7 Å². The van der Waals surface area contributed by atoms with Crippen LogP contribution < -0.4 is 0 Å². The molecule has 0 spiro atoms. The van der Waals surface area contributed by atoms with Gasteiger partial charge < -0.3 is 4.90 Å². The number of nitrogens with zero attached hydrogens (tertiary/aromatic N) is 1. The largest absolute Gasteiger partial charge is 0.334 e. The molecule has 0 aliphatic rings. The van der Waals surface area contributed by atoms with Crippen LogP contribution in [0, 0.1) is 0 Å². The maximum Gasteiger partial charge on any atom is 0.254 e. The molecule has 0 fully saturated rings. The van der Waals surface area contributed by atoms with Gasteiger partial charge in [-0.25, -0.2) is 0 Å². The molecule has 0 aliphatic carbocycles. The van der Waals surface area contributed by atoms with Crippen LogP contribution in [0.4, 0.5) is 0 Å². The Morgan fingerprint density at radius 1 is 0.769 bits per heavy atom. The van der Waals surface area contributed by atoms with Crippen molar-refractivity contribution in [3.63, 3.8) is 0 Å². The number of rotatable bonds is 7. The van der Waals surface area contributed by atoms with Crippen molar-refractivity contribution in [1.82, 2.24) is 4.90 Å². The predicted molar refractivity (Wildman–Crippen MR) is 107 cm³/mol. The summed E-state index contributed by atoms with van der Waals surface area (Å²) >= 11 is 5.95. The zero-order valence-corrected chi connectivity index (χ0v) is 15.4. The first-order valence-electron chi connectivity index (χ1n) is 8.85. The highest BCUT2D eigenvalue weighted by molar-refractivity contribution is 6.30. The average molecular weight is 364 g/mol. The molecule has 0 atom stereocenters. The molecule has 26 heavy (non-hydrogen) atoms. The highest BCUT2D eigenvalue weighted by Gasteiger charge is 2.16. The van der Waals surface area contributed by atoms with E-state index in [0.717, 1.165) is 18.4 Å². The maximum absolute atomic E-state index is 13.0. The molecule has 0 aromatic heterocycles. The number of carbonyl (C=O) groups excluding carboxylic acids is 1. The van der Waals surface area contributed by atoms with Crippen LogP contribution in [0.25, 0.3) is 0 Å². The van der Waals surface area contributed by atoms with E-state index in [9.17, 15) is 4.79 Å². The summed E-state index contributed by atoms with van der Waals surface area (Å²) in [5.41, 5.74) is 3.10. The fourth-order valence-electron chi connectivity index (χ4n) is 2.95. The Balaban J connectivity index is 1.70. The van der Waals surface area contributed by atoms with Crippen LogP contribution in [0.2, 0.25) is 5.02 Å². The molecule has 3 aromatic carbocycles. The van der Waals surface area contributed by atoms with Gasteiger partial charge in [-0.2, -0.15) is 0 Å². The third-order valence-electron chi connectivity index (χ3n) is 4.33. The normalized spacial score (nSPS) is 10.5. The standard InChI is InChI=1S/C23H22ClNO/c24-22-15-13-21(14-16-22)23(26)25(18-20-10-5-2-6-11-20)17-7-12-19-8-3-1-4-9-19/h1-6,8-11,13-16H,7,12,17-18H2. The SMILES string of the molecule is O=C(c1ccc(Cl)cc1)N(CCCc1ccccc1)Cc1ccccc1. The van der Waals surface area contributed by atoms with Crippen molar-refractivity contribution in [3.05, 3.63) is 107 Å². The minimum absolute atomic E-state index is 0.0404. The first kappa shape index (κ1) is 18.2. The van der Waals surface area contributed by atoms with Crippen LogP contribution in [0.1, 0.15) is 27.9 Å². The lowest BCUT2D eigenvalue weighted by Gasteiger charge is -2.23. The van der Waals surface area contributed by atoms with Gasteiger partial charge in [-0.3, -0.25) is 4.79 Å². The molecule has 2 nitrogen and oxygen atoms in total. The molecule has 0 N–H and O–H groups in total. The van der Waals surface area contributed by atoms with Crippen molar-refractivity contribution in [3.8, 4) is 0 Å². The molecule has 132 valence electrons. The monoisotopic (exact) mass is 363 g/mol. The third-order valence-corrected chi connectivity index (χ3v) is 4.58. The number of amides is 1. The summed E-state index contributed by atoms with van der Waals surface area (Å²) in [7, 11) is 0. The van der Waals surface area contributed by atoms with Crippen LogP contribution in [-0.4, -0.2) is 17.4 Å². The number of halogens is 1. The highest BCUT2D eigenvalue weighted by Crippen LogP contribution is 2.15. The summed E-state index contributed by atoms with van der Waals surface area (Å²) in [5, 5.41) is 0.639. The highest BCUT2D eigenvalue weighted by atomic mass is 35.5. The van der Waals surface area contributed by atoms with Gasteiger partial charge in [0.25, 0.3) is 5.91 Å². The Morgan fingerprint density at radius 3 is 1.96 bits per heavy atom. The zero-order valence-electron chi connectivity index (χ0n) is 14.6. The van der Waals surface area contributed by atoms with Gasteiger partial charge in [0.2, 0.25) is 0 Å². The van der Waals surface area contributed by atoms with Gasteiger partial charge in [0.1, 0.15) is 0 Å². The number of benzene rings is 3. The molecule has 3 rings (SSSR count). The van der Waals surface area contributed by atoms with Crippen LogP contribution in [0.3, 0.4) is 0 Å². The van der Waals surface area contributed by atoms with Gasteiger partial charge >= 0.3 is 0 Å². The maximum atomic E-state index is 13.0. The molecule has 0 radical (unpaired) electrons. The van der Waals surface area contributed by atoms with Crippen molar-refractivity contribution < 1.29 is 4.79 Å². The van der Waals surface area contributed by atoms with Crippen molar-refractivity contribution in [2.24, 2.45) is 0 Å². The van der Waals surface area contributed by atoms with Crippen LogP contribution in [-0.2, 0) is 13.0 Å². The third kappa shape index (κ3) is 5.21. The summed E-state index contributed by atoms with van der Waals surface area (Å²) in [6.07, 6.45) is 1.89. The second-order valence-electron chi connectivity index (χ2n) is 6.31. The number of aryl methyl sites for hydroxylation is 1. The Labute approximate surface area is 160 Å². The van der Waals surface area contributed by atoms with Gasteiger partial charge in [-0.1, -0.05) is 72.3 Å². The van der Waals surface area contributed by atoms with E-state index in [4.69, 9.17) is 11.6 Å². The van der Waals surface area contributed by atoms with Crippen molar-refractivity contribution in [2.45, 2.75) is 19.4 Å². The van der Waals surface area contributed by atoms with Crippen LogP contribution >= 0.6 is 11.6 Å². The summed E-state index contributed by atoms with van der Waals surface area (Å²) < 4.78 is 0. The molecule has 3 aromatic rings. The number of carbonyl (C=O) groups is 1. The fourth-order valence-corrected chi connectivity index (χ4v) is 3.08. The van der Waals surface area contributed by atoms with Crippen molar-refractivity contribution >= 4 is 17.5 Å². The Kier molecular flexibility index (Phi) is 6.45. The molecule has 0 saturated carbocycles. The van der Waals surface area contributed by atoms with Crippen LogP contribution in [0.5, 0.6) is 0 Å². The van der Waals surface area contributed by atoms with E-state index in [1.54, 1.807) is 24.3 Å². The minimum Gasteiger partial charge on any atom is -0.334 e. The summed E-state index contributed by atoms with van der Waals surface area (Å²) in [5.74, 6) is 0.0404. The summed E-state index contributed by atoms with van der Waals surface area (Å²) in [6.45, 7) is 1.32. The summed E-state index contributed by atoms with van der Waals surface area (Å²) in [4.78, 5) is 14.9. The van der Waals surface area contributed by atoms with E-state index < -0.39 is 0 Å². The van der Waals surface area contributed by atoms with Crippen molar-refractivity contribution in [1.29, 1.82) is 0 Å². The Morgan fingerprint density at radius 2 is 1.35 bits per heavy atom. The van der Waals surface area contributed by atoms with Gasteiger partial charge in [0, 0.05) is 23.7 Å². The molecular weight excluding hydrogens is 342 g/mol. The van der Waals surface area contributed by atoms with E-state index in [1.807, 2.05) is 29.2 Å². The molecule has 0 aliphatic heterocycles. The molecule has 1 amide bonds. The Hall–Kier alpha value is -2.58. The lowest BCUT2D eigenvalue weighted by molar-refractivity contribution is 0.0741. The predicted octanol–water partition coefficient (Wildman–Crippen LogP) is 5.62. The smallest absolute Gasteiger partial charge is 0.254 e. The first-order chi connectivity index (χ1) is 12.7. The summed E-state index contributed by atoms with van der Waals surface area (Å²) in [6, 6.07) is 27.6. The molecule has 0 heterocycles. The number of hydrogen-bond acceptors (Lipinski definition) is 1. The van der Waals surface area contributed by atoms with Gasteiger partial charge in [-0.05, 0) is 48.2 Å². The van der Waals surface area contributed by atoms with E-state index in [-0.39, 0.29) is 5.91 Å². The second kappa shape index (κ2) is 9.21. The van der Waals surface area contributed by atoms with Gasteiger partial charge in [0.15, 0.2) is 0 Å². The average Bonchev–Trinajstić information content (AvgIpc) is 2.69. The molecule has 3 heteroatoms. The first-order valence-corrected chi connectivity index (χ1v) is 9.23. The number of hydrogen-bond donors (Lipinski definition) is 0. The topological polar surface area (TPSA) is 20.3 Å². The van der Waals surface area contributed by atoms with Gasteiger partial charge in [-0.15, -0.1) is 0 Å². The second-order valence-corrected chi connectivity index (χ2v) is 6.74. The van der Waals surface area contributed by atoms with Crippen LogP contribution in [0.15, 0.2) is 84.9 Å². The van der Waals surface area contributed by atoms with Crippen molar-refractivity contribution in [2.75, 3.05) is 6.54 Å². The zero-order chi connectivity index (χ0) is 18.2. The lowest BCUT2D eigenvalue weighted by Crippen LogP contribution is -2.31. The molecule has 0 unspecified atom stereocenters. The molecule has 0 saturated heterocycles. The quantitative estimate of drug-likeness (QED) is 0.533. The van der Waals surface area contributed by atoms with E-state index >= 15 is 0 Å².